The first-order valence-electron chi connectivity index (χ1n) is 7.59. The molecule has 1 aliphatic rings. The monoisotopic (exact) mass is 297 g/mol. The molecule has 5 heteroatoms. The summed E-state index contributed by atoms with van der Waals surface area (Å²) in [4.78, 5) is 28.0. The van der Waals surface area contributed by atoms with Crippen molar-refractivity contribution >= 4 is 22.7 Å². The number of hydrogen-bond donors (Lipinski definition) is 2. The summed E-state index contributed by atoms with van der Waals surface area (Å²) >= 11 is 0. The number of amides is 2. The van der Waals surface area contributed by atoms with Crippen molar-refractivity contribution in [3.63, 3.8) is 0 Å². The number of carbonyl (C=O) groups excluding carboxylic acids is 2. The SMILES string of the molecule is NC(=O)C1CCC(NC(=O)c2cccc3ncccc23)CC1. The number of nitrogens with two attached hydrogens (primary N) is 1. The highest BCUT2D eigenvalue weighted by molar-refractivity contribution is 6.06. The minimum absolute atomic E-state index is 0.0464. The second-order valence-corrected chi connectivity index (χ2v) is 5.80. The topological polar surface area (TPSA) is 85.1 Å². The Hall–Kier alpha value is -2.43. The van der Waals surface area contributed by atoms with Crippen LogP contribution in [0, 0.1) is 5.92 Å². The summed E-state index contributed by atoms with van der Waals surface area (Å²) in [6, 6.07) is 9.39. The van der Waals surface area contributed by atoms with Crippen molar-refractivity contribution in [1.29, 1.82) is 0 Å². The molecule has 2 aromatic rings. The molecule has 1 saturated carbocycles. The molecule has 2 amide bonds. The lowest BCUT2D eigenvalue weighted by Crippen LogP contribution is -2.39. The molecule has 0 radical (unpaired) electrons. The first-order chi connectivity index (χ1) is 10.6. The van der Waals surface area contributed by atoms with Gasteiger partial charge in [-0.1, -0.05) is 12.1 Å². The van der Waals surface area contributed by atoms with Gasteiger partial charge in [-0.25, -0.2) is 0 Å². The molecule has 1 fully saturated rings. The van der Waals surface area contributed by atoms with E-state index in [0.29, 0.717) is 5.56 Å². The third-order valence-electron chi connectivity index (χ3n) is 4.36. The number of benzene rings is 1. The zero-order valence-electron chi connectivity index (χ0n) is 12.3. The van der Waals surface area contributed by atoms with Crippen LogP contribution in [0.25, 0.3) is 10.9 Å². The predicted octanol–water partition coefficient (Wildman–Crippen LogP) is 2.01. The third kappa shape index (κ3) is 2.93. The Labute approximate surface area is 128 Å². The smallest absolute Gasteiger partial charge is 0.252 e. The van der Waals surface area contributed by atoms with E-state index in [0.717, 1.165) is 36.6 Å². The normalized spacial score (nSPS) is 21.5. The van der Waals surface area contributed by atoms with Crippen LogP contribution in [-0.4, -0.2) is 22.8 Å². The van der Waals surface area contributed by atoms with Crippen molar-refractivity contribution in [2.75, 3.05) is 0 Å². The van der Waals surface area contributed by atoms with E-state index in [1.165, 1.54) is 0 Å². The Balaban J connectivity index is 1.71. The summed E-state index contributed by atoms with van der Waals surface area (Å²) in [5.41, 5.74) is 6.79. The minimum atomic E-state index is -0.232. The fraction of sp³-hybridized carbons (Fsp3) is 0.353. The molecule has 1 heterocycles. The zero-order valence-corrected chi connectivity index (χ0v) is 12.3. The van der Waals surface area contributed by atoms with Gasteiger partial charge in [0.1, 0.15) is 0 Å². The molecule has 22 heavy (non-hydrogen) atoms. The number of primary amides is 1. The first kappa shape index (κ1) is 14.5. The first-order valence-corrected chi connectivity index (χ1v) is 7.59. The van der Waals surface area contributed by atoms with E-state index in [2.05, 4.69) is 10.3 Å². The van der Waals surface area contributed by atoms with Gasteiger partial charge in [-0.2, -0.15) is 0 Å². The third-order valence-corrected chi connectivity index (χ3v) is 4.36. The van der Waals surface area contributed by atoms with Gasteiger partial charge < -0.3 is 11.1 Å². The van der Waals surface area contributed by atoms with Gasteiger partial charge in [0, 0.05) is 29.1 Å². The van der Waals surface area contributed by atoms with E-state index in [9.17, 15) is 9.59 Å². The van der Waals surface area contributed by atoms with Crippen LogP contribution in [0.3, 0.4) is 0 Å². The quantitative estimate of drug-likeness (QED) is 0.908. The van der Waals surface area contributed by atoms with E-state index in [4.69, 9.17) is 5.73 Å². The van der Waals surface area contributed by atoms with E-state index in [-0.39, 0.29) is 23.8 Å². The van der Waals surface area contributed by atoms with Crippen molar-refractivity contribution in [3.05, 3.63) is 42.1 Å². The molecule has 5 nitrogen and oxygen atoms in total. The van der Waals surface area contributed by atoms with E-state index < -0.39 is 0 Å². The highest BCUT2D eigenvalue weighted by Gasteiger charge is 2.26. The van der Waals surface area contributed by atoms with Gasteiger partial charge in [-0.15, -0.1) is 0 Å². The molecule has 0 saturated heterocycles. The summed E-state index contributed by atoms with van der Waals surface area (Å²) in [5.74, 6) is -0.360. The standard InChI is InChI=1S/C17H19N3O2/c18-16(21)11-6-8-12(9-7-11)20-17(22)14-3-1-5-15-13(14)4-2-10-19-15/h1-5,10-12H,6-9H2,(H2,18,21)(H,20,22). The van der Waals surface area contributed by atoms with Crippen LogP contribution in [0.1, 0.15) is 36.0 Å². The van der Waals surface area contributed by atoms with Crippen molar-refractivity contribution in [1.82, 2.24) is 10.3 Å². The molecular weight excluding hydrogens is 278 g/mol. The molecular formula is C17H19N3O2. The van der Waals surface area contributed by atoms with Crippen LogP contribution in [0.4, 0.5) is 0 Å². The molecule has 3 rings (SSSR count). The Bertz CT molecular complexity index is 701. The second-order valence-electron chi connectivity index (χ2n) is 5.80. The fourth-order valence-electron chi connectivity index (χ4n) is 3.09. The number of nitrogens with zero attached hydrogens (tertiary/aromatic N) is 1. The number of pyridine rings is 1. The molecule has 114 valence electrons. The van der Waals surface area contributed by atoms with Crippen LogP contribution in [0.5, 0.6) is 0 Å². The average Bonchev–Trinajstić information content (AvgIpc) is 2.54. The van der Waals surface area contributed by atoms with Crippen LogP contribution < -0.4 is 11.1 Å². The van der Waals surface area contributed by atoms with Crippen LogP contribution >= 0.6 is 0 Å². The Kier molecular flexibility index (Phi) is 4.04. The molecule has 1 aromatic heterocycles. The number of hydrogen-bond acceptors (Lipinski definition) is 3. The van der Waals surface area contributed by atoms with Gasteiger partial charge in [-0.05, 0) is 43.9 Å². The molecule has 0 aliphatic heterocycles. The van der Waals surface area contributed by atoms with Gasteiger partial charge in [0.05, 0.1) is 5.52 Å². The number of nitrogens with one attached hydrogen (secondary N) is 1. The van der Waals surface area contributed by atoms with Gasteiger partial charge in [-0.3, -0.25) is 14.6 Å². The molecule has 3 N–H and O–H groups in total. The van der Waals surface area contributed by atoms with Crippen molar-refractivity contribution < 1.29 is 9.59 Å². The maximum atomic E-state index is 12.5. The van der Waals surface area contributed by atoms with E-state index >= 15 is 0 Å². The molecule has 0 atom stereocenters. The van der Waals surface area contributed by atoms with Gasteiger partial charge >= 0.3 is 0 Å². The largest absolute Gasteiger partial charge is 0.369 e. The lowest BCUT2D eigenvalue weighted by Gasteiger charge is -2.27. The molecule has 1 aromatic carbocycles. The predicted molar refractivity (Wildman–Crippen MR) is 84.1 cm³/mol. The maximum absolute atomic E-state index is 12.5. The van der Waals surface area contributed by atoms with Crippen LogP contribution in [-0.2, 0) is 4.79 Å². The Morgan fingerprint density at radius 2 is 1.86 bits per heavy atom. The minimum Gasteiger partial charge on any atom is -0.369 e. The average molecular weight is 297 g/mol. The van der Waals surface area contributed by atoms with Crippen molar-refractivity contribution in [2.45, 2.75) is 31.7 Å². The van der Waals surface area contributed by atoms with Crippen LogP contribution in [0.15, 0.2) is 36.5 Å². The number of carbonyl (C=O) groups is 2. The van der Waals surface area contributed by atoms with Crippen molar-refractivity contribution in [2.24, 2.45) is 11.7 Å². The highest BCUT2D eigenvalue weighted by atomic mass is 16.2. The van der Waals surface area contributed by atoms with Gasteiger partial charge in [0.25, 0.3) is 5.91 Å². The lowest BCUT2D eigenvalue weighted by atomic mass is 9.85. The Morgan fingerprint density at radius 3 is 2.59 bits per heavy atom. The summed E-state index contributed by atoms with van der Waals surface area (Å²) in [6.07, 6.45) is 4.80. The summed E-state index contributed by atoms with van der Waals surface area (Å²) in [6.45, 7) is 0. The second kappa shape index (κ2) is 6.13. The number of fused-ring (bicyclic) bond motifs is 1. The zero-order chi connectivity index (χ0) is 15.5. The molecule has 1 aliphatic carbocycles. The summed E-state index contributed by atoms with van der Waals surface area (Å²) in [5, 5.41) is 3.92. The fourth-order valence-corrected chi connectivity index (χ4v) is 3.09. The molecule has 0 unspecified atom stereocenters. The van der Waals surface area contributed by atoms with E-state index in [1.54, 1.807) is 6.20 Å². The number of aromatic nitrogens is 1. The number of rotatable bonds is 3. The van der Waals surface area contributed by atoms with Gasteiger partial charge in [0.2, 0.25) is 5.91 Å². The molecule has 0 spiro atoms. The lowest BCUT2D eigenvalue weighted by molar-refractivity contribution is -0.122. The van der Waals surface area contributed by atoms with Crippen LogP contribution in [0.2, 0.25) is 0 Å². The Morgan fingerprint density at radius 1 is 1.09 bits per heavy atom. The summed E-state index contributed by atoms with van der Waals surface area (Å²) < 4.78 is 0. The summed E-state index contributed by atoms with van der Waals surface area (Å²) in [7, 11) is 0. The highest BCUT2D eigenvalue weighted by Crippen LogP contribution is 2.24. The van der Waals surface area contributed by atoms with Crippen molar-refractivity contribution in [3.8, 4) is 0 Å². The van der Waals surface area contributed by atoms with E-state index in [1.807, 2.05) is 30.3 Å². The van der Waals surface area contributed by atoms with Gasteiger partial charge in [0.15, 0.2) is 0 Å². The molecule has 0 bridgehead atoms. The maximum Gasteiger partial charge on any atom is 0.252 e.